The highest BCUT2D eigenvalue weighted by Gasteiger charge is 2.28. The van der Waals surface area contributed by atoms with Crippen molar-refractivity contribution in [3.8, 4) is 0 Å². The highest BCUT2D eigenvalue weighted by molar-refractivity contribution is 7.47. The van der Waals surface area contributed by atoms with Crippen molar-refractivity contribution in [2.24, 2.45) is 0 Å². The van der Waals surface area contributed by atoms with Crippen molar-refractivity contribution in [1.29, 1.82) is 0 Å². The molecule has 3 atom stereocenters. The fourth-order valence-electron chi connectivity index (χ4n) is 6.02. The lowest BCUT2D eigenvalue weighted by Gasteiger charge is -2.26. The number of aliphatic hydroxyl groups is 1. The van der Waals surface area contributed by atoms with Crippen molar-refractivity contribution >= 4 is 13.7 Å². The first kappa shape index (κ1) is 55.7. The van der Waals surface area contributed by atoms with E-state index in [1.54, 1.807) is 0 Å². The van der Waals surface area contributed by atoms with Crippen LogP contribution in [0.1, 0.15) is 168 Å². The van der Waals surface area contributed by atoms with Crippen molar-refractivity contribution in [3.05, 3.63) is 85.1 Å². The van der Waals surface area contributed by atoms with Crippen molar-refractivity contribution in [3.63, 3.8) is 0 Å². The summed E-state index contributed by atoms with van der Waals surface area (Å²) in [5.41, 5.74) is 0. The molecule has 0 bridgehead atoms. The summed E-state index contributed by atoms with van der Waals surface area (Å²) >= 11 is 0. The second kappa shape index (κ2) is 40.1. The Morgan fingerprint density at radius 2 is 1.03 bits per heavy atom. The number of aliphatic hydroxyl groups excluding tert-OH is 1. The van der Waals surface area contributed by atoms with Crippen LogP contribution in [0, 0.1) is 0 Å². The molecule has 334 valence electrons. The molecule has 3 N–H and O–H groups in total. The zero-order valence-corrected chi connectivity index (χ0v) is 38.6. The highest BCUT2D eigenvalue weighted by atomic mass is 31.2. The first-order valence-corrected chi connectivity index (χ1v) is 24.4. The number of phosphoric ester groups is 1. The molecule has 0 aliphatic carbocycles. The summed E-state index contributed by atoms with van der Waals surface area (Å²) in [4.78, 5) is 23.0. The van der Waals surface area contributed by atoms with Gasteiger partial charge in [-0.1, -0.05) is 176 Å². The summed E-state index contributed by atoms with van der Waals surface area (Å²) in [5.74, 6) is -0.163. The molecular formula is C49H88N2O6P+. The first-order chi connectivity index (χ1) is 28.0. The molecule has 0 saturated carbocycles. The maximum atomic E-state index is 12.8. The molecule has 8 nitrogen and oxygen atoms in total. The van der Waals surface area contributed by atoms with E-state index >= 15 is 0 Å². The lowest BCUT2D eigenvalue weighted by Crippen LogP contribution is -2.46. The number of amides is 1. The normalized spacial score (nSPS) is 15.1. The molecule has 0 heterocycles. The average molecular weight is 832 g/mol. The SMILES string of the molecule is CC/C=C\C/C=C\C/C=C\C/C=C\C/C=C\C/C=C\C/C=C\CCCCCCCCCCCC(=O)NC(COP(=O)(O)OCC[N+](C)(C)C)C(O)CCCCCCC. The van der Waals surface area contributed by atoms with E-state index in [2.05, 4.69) is 104 Å². The van der Waals surface area contributed by atoms with Crippen LogP contribution in [0.25, 0.3) is 0 Å². The summed E-state index contributed by atoms with van der Waals surface area (Å²) < 4.78 is 23.4. The zero-order valence-electron chi connectivity index (χ0n) is 37.8. The maximum absolute atomic E-state index is 12.8. The van der Waals surface area contributed by atoms with Crippen LogP contribution in [-0.2, 0) is 18.4 Å². The third kappa shape index (κ3) is 41.8. The lowest BCUT2D eigenvalue weighted by molar-refractivity contribution is -0.870. The van der Waals surface area contributed by atoms with E-state index in [-0.39, 0.29) is 19.1 Å². The first-order valence-electron chi connectivity index (χ1n) is 23.0. The third-order valence-corrected chi connectivity index (χ3v) is 10.6. The minimum absolute atomic E-state index is 0.0682. The van der Waals surface area contributed by atoms with Gasteiger partial charge in [-0.3, -0.25) is 13.8 Å². The molecule has 1 amide bonds. The predicted molar refractivity (Wildman–Crippen MR) is 249 cm³/mol. The number of phosphoric acid groups is 1. The highest BCUT2D eigenvalue weighted by Crippen LogP contribution is 2.43. The fourth-order valence-corrected chi connectivity index (χ4v) is 6.76. The van der Waals surface area contributed by atoms with E-state index in [4.69, 9.17) is 9.05 Å². The second-order valence-electron chi connectivity index (χ2n) is 16.4. The van der Waals surface area contributed by atoms with Gasteiger partial charge in [0.1, 0.15) is 13.2 Å². The van der Waals surface area contributed by atoms with Crippen molar-refractivity contribution in [1.82, 2.24) is 5.32 Å². The van der Waals surface area contributed by atoms with E-state index in [1.165, 1.54) is 38.5 Å². The Kier molecular flexibility index (Phi) is 38.5. The van der Waals surface area contributed by atoms with Gasteiger partial charge in [0.25, 0.3) is 0 Å². The molecule has 0 rings (SSSR count). The molecule has 9 heteroatoms. The Morgan fingerprint density at radius 3 is 1.52 bits per heavy atom. The van der Waals surface area contributed by atoms with Gasteiger partial charge in [-0.25, -0.2) is 4.57 Å². The number of nitrogens with zero attached hydrogens (tertiary/aromatic N) is 1. The van der Waals surface area contributed by atoms with Gasteiger partial charge >= 0.3 is 7.82 Å². The lowest BCUT2D eigenvalue weighted by atomic mass is 10.0. The van der Waals surface area contributed by atoms with E-state index in [0.717, 1.165) is 103 Å². The maximum Gasteiger partial charge on any atom is 0.472 e. The molecule has 0 saturated heterocycles. The van der Waals surface area contributed by atoms with Gasteiger partial charge in [0, 0.05) is 6.42 Å². The van der Waals surface area contributed by atoms with Crippen LogP contribution >= 0.6 is 7.82 Å². The Morgan fingerprint density at radius 1 is 0.603 bits per heavy atom. The molecule has 0 aromatic rings. The summed E-state index contributed by atoms with van der Waals surface area (Å²) in [6, 6.07) is -0.765. The van der Waals surface area contributed by atoms with Crippen molar-refractivity contribution in [2.45, 2.75) is 180 Å². The number of carbonyl (C=O) groups is 1. The smallest absolute Gasteiger partial charge is 0.391 e. The third-order valence-electron chi connectivity index (χ3n) is 9.66. The van der Waals surface area contributed by atoms with Crippen LogP contribution < -0.4 is 5.32 Å². The summed E-state index contributed by atoms with van der Waals surface area (Å²) in [6.45, 7) is 4.65. The van der Waals surface area contributed by atoms with Crippen LogP contribution in [0.2, 0.25) is 0 Å². The quantitative estimate of drug-likeness (QED) is 0.0246. The molecule has 58 heavy (non-hydrogen) atoms. The van der Waals surface area contributed by atoms with Gasteiger partial charge in [0.05, 0.1) is 39.9 Å². The van der Waals surface area contributed by atoms with E-state index < -0.39 is 20.0 Å². The minimum Gasteiger partial charge on any atom is -0.391 e. The van der Waals surface area contributed by atoms with Gasteiger partial charge in [-0.05, 0) is 70.6 Å². The van der Waals surface area contributed by atoms with E-state index in [1.807, 2.05) is 21.1 Å². The van der Waals surface area contributed by atoms with Crippen LogP contribution in [0.5, 0.6) is 0 Å². The molecular weight excluding hydrogens is 744 g/mol. The number of rotatable bonds is 40. The number of unbranched alkanes of at least 4 members (excludes halogenated alkanes) is 13. The minimum atomic E-state index is -4.30. The monoisotopic (exact) mass is 832 g/mol. The molecule has 0 aromatic carbocycles. The van der Waals surface area contributed by atoms with Crippen LogP contribution in [0.15, 0.2) is 85.1 Å². The summed E-state index contributed by atoms with van der Waals surface area (Å²) in [6.07, 6.45) is 55.2. The molecule has 0 spiro atoms. The average Bonchev–Trinajstić information content (AvgIpc) is 3.17. The summed E-state index contributed by atoms with van der Waals surface area (Å²) in [5, 5.41) is 13.7. The zero-order chi connectivity index (χ0) is 42.8. The fraction of sp³-hybridized carbons (Fsp3) is 0.694. The topological polar surface area (TPSA) is 105 Å². The Bertz CT molecular complexity index is 1220. The van der Waals surface area contributed by atoms with Gasteiger partial charge in [-0.2, -0.15) is 0 Å². The van der Waals surface area contributed by atoms with Gasteiger partial charge in [-0.15, -0.1) is 0 Å². The summed E-state index contributed by atoms with van der Waals surface area (Å²) in [7, 11) is 1.59. The van der Waals surface area contributed by atoms with Gasteiger partial charge < -0.3 is 19.8 Å². The van der Waals surface area contributed by atoms with Crippen molar-refractivity contribution < 1.29 is 32.9 Å². The van der Waals surface area contributed by atoms with Gasteiger partial charge in [0.15, 0.2) is 0 Å². The standard InChI is InChI=1S/C49H87N2O6P/c1-6-8-10-12-13-14-15-16-17-18-19-20-21-22-23-24-25-26-27-28-29-30-31-32-33-34-35-36-37-39-41-43-49(53)50-47(48(52)42-40-38-11-9-7-2)46-57-58(54,55)56-45-44-51(3,4)5/h8,10,13-14,16-17,19-20,22-23,25-26,28-29,47-48,52H,6-7,9,11-12,15,18,21,24,27,30-46H2,1-5H3,(H-,50,53,54,55)/p+1/b10-8-,14-13-,17-16-,20-19-,23-22-,26-25-,29-28-. The Balaban J connectivity index is 4.01. The number of allylic oxidation sites excluding steroid dienone is 14. The molecule has 0 aromatic heterocycles. The number of hydrogen-bond acceptors (Lipinski definition) is 5. The van der Waals surface area contributed by atoms with E-state index in [9.17, 15) is 19.4 Å². The second-order valence-corrected chi connectivity index (χ2v) is 17.9. The largest absolute Gasteiger partial charge is 0.472 e. The number of quaternary nitrogens is 1. The van der Waals surface area contributed by atoms with Crippen molar-refractivity contribution in [2.75, 3.05) is 40.9 Å². The van der Waals surface area contributed by atoms with E-state index in [0.29, 0.717) is 23.9 Å². The number of likely N-dealkylation sites (N-methyl/N-ethyl adjacent to an activating group) is 1. The Hall–Kier alpha value is -2.32. The molecule has 0 radical (unpaired) electrons. The molecule has 0 fully saturated rings. The molecule has 0 aliphatic heterocycles. The van der Waals surface area contributed by atoms with Crippen LogP contribution in [-0.4, -0.2) is 73.4 Å². The number of carbonyl (C=O) groups excluding carboxylic acids is 1. The number of hydrogen-bond donors (Lipinski definition) is 3. The molecule has 0 aliphatic rings. The number of nitrogens with one attached hydrogen (secondary N) is 1. The van der Waals surface area contributed by atoms with Crippen LogP contribution in [0.4, 0.5) is 0 Å². The Labute approximate surface area is 356 Å². The molecule has 3 unspecified atom stereocenters. The van der Waals surface area contributed by atoms with Gasteiger partial charge in [0.2, 0.25) is 5.91 Å². The van der Waals surface area contributed by atoms with Crippen LogP contribution in [0.3, 0.4) is 0 Å². The predicted octanol–water partition coefficient (Wildman–Crippen LogP) is 13.0.